The summed E-state index contributed by atoms with van der Waals surface area (Å²) in [4.78, 5) is 29.1. The van der Waals surface area contributed by atoms with Crippen LogP contribution in [0.5, 0.6) is 0 Å². The van der Waals surface area contributed by atoms with Crippen LogP contribution in [-0.4, -0.2) is 50.0 Å². The average molecular weight is 615 g/mol. The Kier molecular flexibility index (Phi) is 10.7. The largest absolute Gasteiger partial charge is 0.352 e. The fourth-order valence-corrected chi connectivity index (χ4v) is 5.57. The van der Waals surface area contributed by atoms with Gasteiger partial charge in [0, 0.05) is 23.5 Å². The normalized spacial score (nSPS) is 12.2. The van der Waals surface area contributed by atoms with Crippen LogP contribution in [0.4, 0.5) is 5.69 Å². The van der Waals surface area contributed by atoms with E-state index in [0.717, 1.165) is 38.1 Å². The molecule has 7 nitrogen and oxygen atoms in total. The van der Waals surface area contributed by atoms with Crippen molar-refractivity contribution in [3.05, 3.63) is 100 Å². The number of benzene rings is 3. The number of carbonyl (C=O) groups is 2. The molecule has 0 aliphatic heterocycles. The third-order valence-electron chi connectivity index (χ3n) is 6.26. The highest BCUT2D eigenvalue weighted by Crippen LogP contribution is 2.22. The zero-order valence-corrected chi connectivity index (χ0v) is 25.2. The molecule has 0 radical (unpaired) electrons. The van der Waals surface area contributed by atoms with Crippen LogP contribution in [0.1, 0.15) is 37.5 Å². The van der Waals surface area contributed by atoms with Gasteiger partial charge in [-0.15, -0.1) is 0 Å². The lowest BCUT2D eigenvalue weighted by Gasteiger charge is -2.34. The number of halogens is 1. The van der Waals surface area contributed by atoms with Gasteiger partial charge in [-0.05, 0) is 61.2 Å². The van der Waals surface area contributed by atoms with E-state index in [9.17, 15) is 18.0 Å². The van der Waals surface area contributed by atoms with E-state index in [1.54, 1.807) is 12.1 Å². The number of aryl methyl sites for hydroxylation is 1. The van der Waals surface area contributed by atoms with Gasteiger partial charge in [0.15, 0.2) is 0 Å². The average Bonchev–Trinajstić information content (AvgIpc) is 2.89. The van der Waals surface area contributed by atoms with Gasteiger partial charge < -0.3 is 10.2 Å². The van der Waals surface area contributed by atoms with Crippen molar-refractivity contribution in [1.82, 2.24) is 10.2 Å². The minimum absolute atomic E-state index is 0.133. The summed E-state index contributed by atoms with van der Waals surface area (Å²) in [5.41, 5.74) is 3.16. The molecule has 0 saturated heterocycles. The summed E-state index contributed by atoms with van der Waals surface area (Å²) in [6.45, 7) is 5.45. The van der Waals surface area contributed by atoms with E-state index in [-0.39, 0.29) is 24.9 Å². The smallest absolute Gasteiger partial charge is 0.244 e. The summed E-state index contributed by atoms with van der Waals surface area (Å²) in [6, 6.07) is 23.1. The van der Waals surface area contributed by atoms with Crippen LogP contribution in [-0.2, 0) is 39.0 Å². The number of sulfonamides is 1. The van der Waals surface area contributed by atoms with E-state index in [0.29, 0.717) is 5.69 Å². The molecule has 9 heteroatoms. The summed E-state index contributed by atoms with van der Waals surface area (Å²) in [7, 11) is -3.79. The van der Waals surface area contributed by atoms with Crippen LogP contribution >= 0.6 is 15.9 Å². The fourth-order valence-electron chi connectivity index (χ4n) is 4.28. The first kappa shape index (κ1) is 30.4. The molecule has 39 heavy (non-hydrogen) atoms. The summed E-state index contributed by atoms with van der Waals surface area (Å²) >= 11 is 3.48. The number of anilines is 1. The van der Waals surface area contributed by atoms with Crippen molar-refractivity contribution in [3.63, 3.8) is 0 Å². The van der Waals surface area contributed by atoms with Crippen LogP contribution in [0.15, 0.2) is 83.3 Å². The highest BCUT2D eigenvalue weighted by Gasteiger charge is 2.33. The number of carbonyl (C=O) groups excluding carboxylic acids is 2. The van der Waals surface area contributed by atoms with Gasteiger partial charge in [-0.25, -0.2) is 8.42 Å². The Morgan fingerprint density at radius 2 is 1.54 bits per heavy atom. The summed E-state index contributed by atoms with van der Waals surface area (Å²) in [6.07, 6.45) is 2.17. The minimum Gasteiger partial charge on any atom is -0.352 e. The lowest BCUT2D eigenvalue weighted by atomic mass is 10.0. The van der Waals surface area contributed by atoms with E-state index in [4.69, 9.17) is 0 Å². The second-order valence-corrected chi connectivity index (χ2v) is 12.6. The van der Waals surface area contributed by atoms with E-state index in [2.05, 4.69) is 21.2 Å². The number of hydrogen-bond donors (Lipinski definition) is 1. The predicted octanol–water partition coefficient (Wildman–Crippen LogP) is 4.94. The summed E-state index contributed by atoms with van der Waals surface area (Å²) < 4.78 is 27.7. The molecule has 3 aromatic rings. The number of hydrogen-bond acceptors (Lipinski definition) is 4. The number of nitrogens with zero attached hydrogens (tertiary/aromatic N) is 2. The molecule has 0 spiro atoms. The van der Waals surface area contributed by atoms with Crippen LogP contribution < -0.4 is 9.62 Å². The van der Waals surface area contributed by atoms with E-state index in [1.807, 2.05) is 87.5 Å². The quantitative estimate of drug-likeness (QED) is 0.313. The first-order valence-electron chi connectivity index (χ1n) is 12.9. The summed E-state index contributed by atoms with van der Waals surface area (Å²) in [5, 5.41) is 2.95. The molecular weight excluding hydrogens is 578 g/mol. The Bertz CT molecular complexity index is 1360. The van der Waals surface area contributed by atoms with Gasteiger partial charge in [0.1, 0.15) is 12.6 Å². The molecule has 0 fully saturated rings. The molecule has 1 N–H and O–H groups in total. The molecular formula is C30H36BrN3O4S. The first-order chi connectivity index (χ1) is 18.5. The zero-order chi connectivity index (χ0) is 28.6. The van der Waals surface area contributed by atoms with Gasteiger partial charge in [-0.2, -0.15) is 0 Å². The van der Waals surface area contributed by atoms with Crippen molar-refractivity contribution in [2.45, 2.75) is 52.2 Å². The molecule has 1 unspecified atom stereocenters. The Morgan fingerprint density at radius 3 is 2.10 bits per heavy atom. The maximum atomic E-state index is 14.0. The van der Waals surface area contributed by atoms with Crippen LogP contribution in [0, 0.1) is 0 Å². The maximum absolute atomic E-state index is 14.0. The highest BCUT2D eigenvalue weighted by atomic mass is 79.9. The molecule has 2 amide bonds. The van der Waals surface area contributed by atoms with Crippen LogP contribution in [0.3, 0.4) is 0 Å². The second-order valence-electron chi connectivity index (χ2n) is 9.81. The molecule has 0 aliphatic carbocycles. The molecule has 0 heterocycles. The van der Waals surface area contributed by atoms with E-state index in [1.165, 1.54) is 4.90 Å². The molecule has 3 rings (SSSR count). The lowest BCUT2D eigenvalue weighted by molar-refractivity contribution is -0.140. The topological polar surface area (TPSA) is 86.8 Å². The third kappa shape index (κ3) is 8.93. The van der Waals surface area contributed by atoms with Gasteiger partial charge in [0.25, 0.3) is 0 Å². The third-order valence-corrected chi connectivity index (χ3v) is 7.89. The predicted molar refractivity (Wildman–Crippen MR) is 160 cm³/mol. The first-order valence-corrected chi connectivity index (χ1v) is 15.6. The monoisotopic (exact) mass is 613 g/mol. The van der Waals surface area contributed by atoms with Gasteiger partial charge >= 0.3 is 0 Å². The van der Waals surface area contributed by atoms with Crippen molar-refractivity contribution < 1.29 is 18.0 Å². The molecule has 0 bridgehead atoms. The number of rotatable bonds is 12. The minimum atomic E-state index is -3.79. The molecule has 208 valence electrons. The van der Waals surface area contributed by atoms with Gasteiger partial charge in [0.05, 0.1) is 11.9 Å². The van der Waals surface area contributed by atoms with E-state index < -0.39 is 28.5 Å². The van der Waals surface area contributed by atoms with Crippen molar-refractivity contribution >= 4 is 43.5 Å². The maximum Gasteiger partial charge on any atom is 0.244 e. The Hall–Kier alpha value is -3.17. The Labute approximate surface area is 240 Å². The Balaban J connectivity index is 2.04. The molecule has 0 aromatic heterocycles. The highest BCUT2D eigenvalue weighted by molar-refractivity contribution is 9.10. The molecule has 3 aromatic carbocycles. The van der Waals surface area contributed by atoms with Crippen molar-refractivity contribution in [2.24, 2.45) is 0 Å². The molecule has 0 saturated carbocycles. The number of amides is 2. The number of nitrogens with one attached hydrogen (secondary N) is 1. The van der Waals surface area contributed by atoms with Gasteiger partial charge in [-0.3, -0.25) is 13.9 Å². The van der Waals surface area contributed by atoms with Gasteiger partial charge in [-0.1, -0.05) is 77.5 Å². The van der Waals surface area contributed by atoms with Crippen LogP contribution in [0.2, 0.25) is 0 Å². The fraction of sp³-hybridized carbons (Fsp3) is 0.333. The van der Waals surface area contributed by atoms with Crippen molar-refractivity contribution in [1.29, 1.82) is 0 Å². The van der Waals surface area contributed by atoms with Crippen LogP contribution in [0.25, 0.3) is 0 Å². The lowest BCUT2D eigenvalue weighted by Crippen LogP contribution is -2.54. The standard InChI is InChI=1S/C30H36BrN3O4S/c1-5-23-14-16-27(17-15-23)34(39(4,37)38)21-29(35)33(20-25-12-9-13-26(31)18-25)28(30(36)32-22(2)3)19-24-10-7-6-8-11-24/h6-18,22,28H,5,19-21H2,1-4H3,(H,32,36). The van der Waals surface area contributed by atoms with Crippen molar-refractivity contribution in [3.8, 4) is 0 Å². The SMILES string of the molecule is CCc1ccc(N(CC(=O)N(Cc2cccc(Br)c2)C(Cc2ccccc2)C(=O)NC(C)C)S(C)(=O)=O)cc1. The molecule has 1 atom stereocenters. The Morgan fingerprint density at radius 1 is 0.897 bits per heavy atom. The molecule has 0 aliphatic rings. The summed E-state index contributed by atoms with van der Waals surface area (Å²) in [5.74, 6) is -0.768. The zero-order valence-electron chi connectivity index (χ0n) is 22.8. The van der Waals surface area contributed by atoms with Crippen molar-refractivity contribution in [2.75, 3.05) is 17.1 Å². The second kappa shape index (κ2) is 13.8. The van der Waals surface area contributed by atoms with Gasteiger partial charge in [0.2, 0.25) is 21.8 Å². The van der Waals surface area contributed by atoms with E-state index >= 15 is 0 Å².